The van der Waals surface area contributed by atoms with Crippen molar-refractivity contribution in [3.63, 3.8) is 0 Å². The Bertz CT molecular complexity index is 1060. The summed E-state index contributed by atoms with van der Waals surface area (Å²) in [6.07, 6.45) is 1.02. The summed E-state index contributed by atoms with van der Waals surface area (Å²) >= 11 is 13.5. The van der Waals surface area contributed by atoms with Gasteiger partial charge in [0, 0.05) is 21.8 Å². The topological polar surface area (TPSA) is 135 Å². The Kier molecular flexibility index (Phi) is 13.5. The summed E-state index contributed by atoms with van der Waals surface area (Å²) in [7, 11) is 0. The summed E-state index contributed by atoms with van der Waals surface area (Å²) in [5.74, 6) is -0.781. The molecule has 4 N–H and O–H groups in total. The standard InChI is InChI=1S/C24H26Br4N4O6/c1-13-7-15(25)9-17(27)23(13)37-11-21(35)31-29-19(33)5-3-4-6-20(34)30-32-22(36)12-38-24-14(2)8-16(26)10-18(24)28/h7-10H,3-6,11-12H2,1-2H3,(H,29,33)(H,30,34)(H,31,35)(H,32,36). The SMILES string of the molecule is Cc1cc(Br)cc(Br)c1OCC(=O)NNC(=O)CCCCC(=O)NNC(=O)COc1c(C)cc(Br)cc1Br. The number of nitrogens with one attached hydrogen (secondary N) is 4. The second-order valence-corrected chi connectivity index (χ2v) is 11.6. The van der Waals surface area contributed by atoms with Gasteiger partial charge in [0.05, 0.1) is 8.95 Å². The highest BCUT2D eigenvalue weighted by atomic mass is 79.9. The van der Waals surface area contributed by atoms with Crippen molar-refractivity contribution < 1.29 is 28.7 Å². The van der Waals surface area contributed by atoms with Crippen LogP contribution >= 0.6 is 63.7 Å². The van der Waals surface area contributed by atoms with Crippen LogP contribution in [0.2, 0.25) is 0 Å². The third-order valence-electron chi connectivity index (χ3n) is 4.82. The molecule has 0 spiro atoms. The fourth-order valence-electron chi connectivity index (χ4n) is 3.07. The van der Waals surface area contributed by atoms with Crippen LogP contribution in [0.3, 0.4) is 0 Å². The molecule has 2 rings (SSSR count). The molecule has 0 aromatic heterocycles. The predicted octanol–water partition coefficient (Wildman–Crippen LogP) is 4.67. The van der Waals surface area contributed by atoms with E-state index in [1.165, 1.54) is 0 Å². The van der Waals surface area contributed by atoms with Gasteiger partial charge < -0.3 is 9.47 Å². The highest BCUT2D eigenvalue weighted by molar-refractivity contribution is 9.11. The number of aryl methyl sites for hydroxylation is 2. The summed E-state index contributed by atoms with van der Waals surface area (Å²) in [5.41, 5.74) is 10.9. The molecule has 0 aliphatic heterocycles. The van der Waals surface area contributed by atoms with Gasteiger partial charge in [-0.3, -0.25) is 40.9 Å². The fraction of sp³-hybridized carbons (Fsp3) is 0.333. The van der Waals surface area contributed by atoms with Gasteiger partial charge in [0.25, 0.3) is 11.8 Å². The van der Waals surface area contributed by atoms with Crippen LogP contribution in [0.5, 0.6) is 11.5 Å². The minimum absolute atomic E-state index is 0.105. The monoisotopic (exact) mass is 782 g/mol. The maximum atomic E-state index is 12.0. The van der Waals surface area contributed by atoms with Crippen molar-refractivity contribution in [2.24, 2.45) is 0 Å². The molecule has 0 heterocycles. The number of hydrazine groups is 2. The zero-order chi connectivity index (χ0) is 28.2. The molecule has 14 heteroatoms. The van der Waals surface area contributed by atoms with Crippen LogP contribution in [0.25, 0.3) is 0 Å². The summed E-state index contributed by atoms with van der Waals surface area (Å²) in [5, 5.41) is 0. The first kappa shape index (κ1) is 32.1. The van der Waals surface area contributed by atoms with Gasteiger partial charge >= 0.3 is 0 Å². The number of ether oxygens (including phenoxy) is 2. The summed E-state index contributed by atoms with van der Waals surface area (Å²) < 4.78 is 14.2. The highest BCUT2D eigenvalue weighted by Gasteiger charge is 2.12. The lowest BCUT2D eigenvalue weighted by Gasteiger charge is -2.12. The first-order chi connectivity index (χ1) is 18.0. The summed E-state index contributed by atoms with van der Waals surface area (Å²) in [6, 6.07) is 7.31. The maximum Gasteiger partial charge on any atom is 0.276 e. The molecule has 0 aliphatic rings. The zero-order valence-corrected chi connectivity index (χ0v) is 26.9. The van der Waals surface area contributed by atoms with Crippen LogP contribution < -0.4 is 31.2 Å². The number of carbonyl (C=O) groups excluding carboxylic acids is 4. The van der Waals surface area contributed by atoms with E-state index in [1.54, 1.807) is 12.1 Å². The molecule has 10 nitrogen and oxygen atoms in total. The number of hydrogen-bond donors (Lipinski definition) is 4. The molecule has 38 heavy (non-hydrogen) atoms. The largest absolute Gasteiger partial charge is 0.482 e. The number of rotatable bonds is 11. The number of halogens is 4. The van der Waals surface area contributed by atoms with Gasteiger partial charge in [0.1, 0.15) is 11.5 Å². The molecule has 0 saturated carbocycles. The first-order valence-electron chi connectivity index (χ1n) is 11.3. The minimum atomic E-state index is -0.519. The zero-order valence-electron chi connectivity index (χ0n) is 20.5. The number of carbonyl (C=O) groups is 4. The molecular formula is C24H26Br4N4O6. The van der Waals surface area contributed by atoms with Crippen LogP contribution in [-0.4, -0.2) is 36.8 Å². The Morgan fingerprint density at radius 3 is 1.29 bits per heavy atom. The van der Waals surface area contributed by atoms with E-state index in [-0.39, 0.29) is 26.1 Å². The number of unbranched alkanes of at least 4 members (excludes halogenated alkanes) is 1. The molecule has 0 radical (unpaired) electrons. The summed E-state index contributed by atoms with van der Waals surface area (Å²) in [6.45, 7) is 3.13. The lowest BCUT2D eigenvalue weighted by Crippen LogP contribution is -2.44. The third kappa shape index (κ3) is 11.3. The normalized spacial score (nSPS) is 10.4. The fourth-order valence-corrected chi connectivity index (χ4v) is 6.17. The number of amides is 4. The van der Waals surface area contributed by atoms with E-state index in [2.05, 4.69) is 85.4 Å². The Labute approximate surface area is 253 Å². The average Bonchev–Trinajstić information content (AvgIpc) is 2.82. The third-order valence-corrected chi connectivity index (χ3v) is 6.92. The highest BCUT2D eigenvalue weighted by Crippen LogP contribution is 2.33. The van der Waals surface area contributed by atoms with Crippen LogP contribution in [0, 0.1) is 13.8 Å². The van der Waals surface area contributed by atoms with E-state index in [9.17, 15) is 19.2 Å². The van der Waals surface area contributed by atoms with Crippen LogP contribution in [0.4, 0.5) is 0 Å². The maximum absolute atomic E-state index is 12.0. The van der Waals surface area contributed by atoms with Gasteiger partial charge in [0.2, 0.25) is 11.8 Å². The Morgan fingerprint density at radius 2 is 0.947 bits per heavy atom. The Morgan fingerprint density at radius 1 is 0.605 bits per heavy atom. The lowest BCUT2D eigenvalue weighted by molar-refractivity contribution is -0.130. The van der Waals surface area contributed by atoms with E-state index >= 15 is 0 Å². The molecule has 0 atom stereocenters. The van der Waals surface area contributed by atoms with Crippen molar-refractivity contribution in [3.05, 3.63) is 53.3 Å². The Hall–Kier alpha value is -2.16. The van der Waals surface area contributed by atoms with Gasteiger partial charge in [-0.1, -0.05) is 31.9 Å². The second kappa shape index (κ2) is 16.1. The van der Waals surface area contributed by atoms with E-state index in [0.717, 1.165) is 20.1 Å². The van der Waals surface area contributed by atoms with E-state index in [1.807, 2.05) is 26.0 Å². The van der Waals surface area contributed by atoms with E-state index in [0.29, 0.717) is 33.3 Å². The molecular weight excluding hydrogens is 760 g/mol. The van der Waals surface area contributed by atoms with Gasteiger partial charge in [-0.15, -0.1) is 0 Å². The molecule has 2 aromatic rings. The van der Waals surface area contributed by atoms with Crippen molar-refractivity contribution in [2.75, 3.05) is 13.2 Å². The van der Waals surface area contributed by atoms with Crippen molar-refractivity contribution in [1.82, 2.24) is 21.7 Å². The van der Waals surface area contributed by atoms with Crippen molar-refractivity contribution in [1.29, 1.82) is 0 Å². The van der Waals surface area contributed by atoms with Crippen molar-refractivity contribution >= 4 is 87.3 Å². The number of hydrogen-bond acceptors (Lipinski definition) is 6. The van der Waals surface area contributed by atoms with Gasteiger partial charge in [-0.2, -0.15) is 0 Å². The summed E-state index contributed by atoms with van der Waals surface area (Å²) in [4.78, 5) is 47.8. The molecule has 0 saturated heterocycles. The van der Waals surface area contributed by atoms with Crippen LogP contribution in [0.1, 0.15) is 36.8 Å². The molecule has 0 unspecified atom stereocenters. The van der Waals surface area contributed by atoms with Crippen molar-refractivity contribution in [2.45, 2.75) is 39.5 Å². The van der Waals surface area contributed by atoms with E-state index in [4.69, 9.17) is 9.47 Å². The smallest absolute Gasteiger partial charge is 0.276 e. The predicted molar refractivity (Wildman–Crippen MR) is 155 cm³/mol. The molecule has 2 aromatic carbocycles. The van der Waals surface area contributed by atoms with Gasteiger partial charge in [-0.25, -0.2) is 0 Å². The van der Waals surface area contributed by atoms with Crippen LogP contribution in [0.15, 0.2) is 42.2 Å². The molecule has 4 amide bonds. The molecule has 0 fully saturated rings. The number of benzene rings is 2. The van der Waals surface area contributed by atoms with Gasteiger partial charge in [0.15, 0.2) is 13.2 Å². The molecule has 0 bridgehead atoms. The van der Waals surface area contributed by atoms with Crippen molar-refractivity contribution in [3.8, 4) is 11.5 Å². The van der Waals surface area contributed by atoms with E-state index < -0.39 is 23.6 Å². The average molecular weight is 786 g/mol. The van der Waals surface area contributed by atoms with Crippen LogP contribution in [-0.2, 0) is 19.2 Å². The Balaban J connectivity index is 1.56. The van der Waals surface area contributed by atoms with Gasteiger partial charge in [-0.05, 0) is 93.9 Å². The first-order valence-corrected chi connectivity index (χ1v) is 14.5. The quantitative estimate of drug-likeness (QED) is 0.194. The molecule has 206 valence electrons. The minimum Gasteiger partial charge on any atom is -0.482 e. The second-order valence-electron chi connectivity index (χ2n) is 8.04. The lowest BCUT2D eigenvalue weighted by atomic mass is 10.2. The molecule has 0 aliphatic carbocycles.